The number of benzene rings is 6. The van der Waals surface area contributed by atoms with Crippen LogP contribution in [0.4, 0.5) is 11.4 Å². The van der Waals surface area contributed by atoms with Gasteiger partial charge < -0.3 is 9.80 Å². The normalized spacial score (nSPS) is 13.2. The highest BCUT2D eigenvalue weighted by Crippen LogP contribution is 2.39. The van der Waals surface area contributed by atoms with E-state index in [1.54, 1.807) is 0 Å². The van der Waals surface area contributed by atoms with Gasteiger partial charge in [-0.15, -0.1) is 0 Å². The zero-order valence-electron chi connectivity index (χ0n) is 24.1. The predicted molar refractivity (Wildman–Crippen MR) is 190 cm³/mol. The molecule has 1 fully saturated rings. The van der Waals surface area contributed by atoms with Crippen LogP contribution in [0.3, 0.4) is 0 Å². The largest absolute Gasteiger partial charge is 0.352 e. The third-order valence-corrected chi connectivity index (χ3v) is 12.9. The van der Waals surface area contributed by atoms with Crippen LogP contribution in [0, 0.1) is 0 Å². The molecule has 43 heavy (non-hydrogen) atoms. The zero-order chi connectivity index (χ0) is 28.8. The Kier molecular flexibility index (Phi) is 8.32. The first-order valence-electron chi connectivity index (χ1n) is 14.9. The molecule has 210 valence electrons. The van der Waals surface area contributed by atoms with E-state index in [-0.39, 0.29) is 0 Å². The quantitative estimate of drug-likeness (QED) is 0.187. The Morgan fingerprint density at radius 3 is 0.930 bits per heavy atom. The Hall–Kier alpha value is -4.22. The van der Waals surface area contributed by atoms with E-state index in [1.807, 2.05) is 0 Å². The molecule has 1 heterocycles. The van der Waals surface area contributed by atoms with Gasteiger partial charge in [-0.2, -0.15) is 0 Å². The van der Waals surface area contributed by atoms with Gasteiger partial charge in [0.2, 0.25) is 0 Å². The van der Waals surface area contributed by atoms with Crippen LogP contribution in [0.2, 0.25) is 0 Å². The number of anilines is 2. The van der Waals surface area contributed by atoms with Gasteiger partial charge in [0.1, 0.15) is 0 Å². The fourth-order valence-electron chi connectivity index (χ4n) is 5.99. The van der Waals surface area contributed by atoms with Gasteiger partial charge in [-0.25, -0.2) is 0 Å². The summed E-state index contributed by atoms with van der Waals surface area (Å²) in [5, 5.41) is 8.37. The first-order valence-corrected chi connectivity index (χ1v) is 17.5. The van der Waals surface area contributed by atoms with Gasteiger partial charge in [-0.1, -0.05) is 158 Å². The number of hydrogen-bond donors (Lipinski definition) is 0. The molecule has 0 atom stereocenters. The molecule has 6 aromatic carbocycles. The van der Waals surface area contributed by atoms with Crippen LogP contribution in [0.1, 0.15) is 0 Å². The molecule has 7 rings (SSSR count). The van der Waals surface area contributed by atoms with Crippen LogP contribution in [0.15, 0.2) is 170 Å². The molecule has 0 aliphatic carbocycles. The lowest BCUT2D eigenvalue weighted by Crippen LogP contribution is -2.33. The minimum Gasteiger partial charge on any atom is -0.352 e. The molecule has 4 heteroatoms. The van der Waals surface area contributed by atoms with Crippen LogP contribution in [-0.2, 0) is 0 Å². The lowest BCUT2D eigenvalue weighted by Gasteiger charge is -2.29. The van der Waals surface area contributed by atoms with Crippen molar-refractivity contribution in [3.05, 3.63) is 170 Å². The summed E-state index contributed by atoms with van der Waals surface area (Å²) in [6.45, 7) is 2.85. The van der Waals surface area contributed by atoms with E-state index >= 15 is 0 Å². The van der Waals surface area contributed by atoms with Gasteiger partial charge in [-0.05, 0) is 49.2 Å². The maximum Gasteiger partial charge on any atom is 0.0904 e. The van der Waals surface area contributed by atoms with Crippen molar-refractivity contribution in [2.75, 3.05) is 29.6 Å². The Morgan fingerprint density at radius 1 is 0.326 bits per heavy atom. The fraction of sp³-hybridized carbons (Fsp3) is 0.0769. The van der Waals surface area contributed by atoms with Crippen LogP contribution in [-0.4, -0.2) is 19.8 Å². The van der Waals surface area contributed by atoms with E-state index < -0.39 is 15.8 Å². The zero-order valence-corrected chi connectivity index (χ0v) is 25.9. The molecule has 1 aliphatic heterocycles. The highest BCUT2D eigenvalue weighted by Gasteiger charge is 2.29. The SMILES string of the molecule is c1ccc(P(c2ccccc2)c2ccccc2N2CCN(c3ccccc3P(c3ccccc3)c3ccccc3)C2)cc1. The Labute approximate surface area is 257 Å². The molecule has 0 amide bonds. The second-order valence-corrected chi connectivity index (χ2v) is 15.0. The summed E-state index contributed by atoms with van der Waals surface area (Å²) in [5.41, 5.74) is 2.68. The minimum absolute atomic E-state index is 0.686. The van der Waals surface area contributed by atoms with E-state index in [0.29, 0.717) is 0 Å². The van der Waals surface area contributed by atoms with E-state index in [4.69, 9.17) is 0 Å². The molecule has 0 unspecified atom stereocenters. The maximum atomic E-state index is 2.58. The van der Waals surface area contributed by atoms with Crippen LogP contribution < -0.4 is 41.6 Å². The summed E-state index contributed by atoms with van der Waals surface area (Å²) in [6.07, 6.45) is 0. The molecule has 0 aromatic heterocycles. The predicted octanol–water partition coefficient (Wildman–Crippen LogP) is 6.49. The lowest BCUT2D eigenvalue weighted by atomic mass is 10.3. The first kappa shape index (κ1) is 27.6. The van der Waals surface area contributed by atoms with Crippen molar-refractivity contribution in [3.63, 3.8) is 0 Å². The van der Waals surface area contributed by atoms with E-state index in [1.165, 1.54) is 43.2 Å². The highest BCUT2D eigenvalue weighted by molar-refractivity contribution is 7.80. The van der Waals surface area contributed by atoms with Gasteiger partial charge >= 0.3 is 0 Å². The third-order valence-electron chi connectivity index (χ3n) is 7.97. The average Bonchev–Trinajstić information content (AvgIpc) is 3.58. The monoisotopic (exact) mass is 592 g/mol. The Balaban J connectivity index is 1.25. The molecule has 1 aliphatic rings. The fourth-order valence-corrected chi connectivity index (χ4v) is 10.9. The third kappa shape index (κ3) is 5.87. The molecule has 6 aromatic rings. The molecule has 0 saturated carbocycles. The average molecular weight is 593 g/mol. The highest BCUT2D eigenvalue weighted by atomic mass is 31.1. The summed E-state index contributed by atoms with van der Waals surface area (Å²) in [5.74, 6) is 0. The second-order valence-electron chi connectivity index (χ2n) is 10.7. The van der Waals surface area contributed by atoms with Crippen molar-refractivity contribution in [2.45, 2.75) is 0 Å². The minimum atomic E-state index is -0.686. The van der Waals surface area contributed by atoms with E-state index in [2.05, 4.69) is 180 Å². The molecular formula is C39H34N2P2. The molecule has 1 saturated heterocycles. The van der Waals surface area contributed by atoms with Crippen molar-refractivity contribution in [2.24, 2.45) is 0 Å². The maximum absolute atomic E-state index is 2.58. The summed E-state index contributed by atoms with van der Waals surface area (Å²) in [6, 6.07) is 62.3. The van der Waals surface area contributed by atoms with Crippen molar-refractivity contribution in [1.82, 2.24) is 0 Å². The molecule has 0 spiro atoms. The lowest BCUT2D eigenvalue weighted by molar-refractivity contribution is 0.955. The second kappa shape index (κ2) is 13.0. The van der Waals surface area contributed by atoms with Gasteiger partial charge in [0, 0.05) is 35.1 Å². The van der Waals surface area contributed by atoms with Crippen molar-refractivity contribution in [1.29, 1.82) is 0 Å². The number of hydrogen-bond acceptors (Lipinski definition) is 2. The van der Waals surface area contributed by atoms with Crippen molar-refractivity contribution >= 4 is 59.0 Å². The molecule has 0 bridgehead atoms. The number of para-hydroxylation sites is 2. The Morgan fingerprint density at radius 2 is 0.605 bits per heavy atom. The standard InChI is InChI=1S/C39H34N2P2/c1-5-17-32(18-6-1)42(33-19-7-2-8-20-33)38-27-15-13-25-36(38)40-29-30-41(31-40)37-26-14-16-28-39(37)43(34-21-9-3-10-22-34)35-23-11-4-12-24-35/h1-28H,29-31H2. The molecule has 0 radical (unpaired) electrons. The first-order chi connectivity index (χ1) is 21.4. The van der Waals surface area contributed by atoms with Crippen molar-refractivity contribution in [3.8, 4) is 0 Å². The topological polar surface area (TPSA) is 6.48 Å². The van der Waals surface area contributed by atoms with Gasteiger partial charge in [0.15, 0.2) is 0 Å². The molecule has 2 nitrogen and oxygen atoms in total. The number of nitrogens with zero attached hydrogens (tertiary/aromatic N) is 2. The smallest absolute Gasteiger partial charge is 0.0904 e. The summed E-state index contributed by atoms with van der Waals surface area (Å²) < 4.78 is 0. The van der Waals surface area contributed by atoms with Crippen molar-refractivity contribution < 1.29 is 0 Å². The van der Waals surface area contributed by atoms with Crippen LogP contribution in [0.25, 0.3) is 0 Å². The molecular weight excluding hydrogens is 558 g/mol. The summed E-state index contributed by atoms with van der Waals surface area (Å²) in [7, 11) is -1.37. The van der Waals surface area contributed by atoms with Gasteiger partial charge in [0.05, 0.1) is 6.67 Å². The van der Waals surface area contributed by atoms with Crippen LogP contribution in [0.5, 0.6) is 0 Å². The van der Waals surface area contributed by atoms with Gasteiger partial charge in [0.25, 0.3) is 0 Å². The van der Waals surface area contributed by atoms with Gasteiger partial charge in [-0.3, -0.25) is 0 Å². The van der Waals surface area contributed by atoms with E-state index in [0.717, 1.165) is 19.8 Å². The summed E-state index contributed by atoms with van der Waals surface area (Å²) >= 11 is 0. The van der Waals surface area contributed by atoms with Crippen LogP contribution >= 0.6 is 15.8 Å². The summed E-state index contributed by atoms with van der Waals surface area (Å²) in [4.78, 5) is 5.17. The Bertz CT molecular complexity index is 1550. The van der Waals surface area contributed by atoms with E-state index in [9.17, 15) is 0 Å². The molecule has 0 N–H and O–H groups in total. The number of rotatable bonds is 8.